The predicted molar refractivity (Wildman–Crippen MR) is 235 cm³/mol. The third kappa shape index (κ3) is 5.32. The van der Waals surface area contributed by atoms with Gasteiger partial charge in [0.25, 0.3) is 0 Å². The third-order valence-corrected chi connectivity index (χ3v) is 11.1. The average molecular weight is 714 g/mol. The Morgan fingerprint density at radius 2 is 0.643 bits per heavy atom. The fraction of sp³-hybridized carbons (Fsp3) is 0. The van der Waals surface area contributed by atoms with Crippen LogP contribution in [0.25, 0.3) is 99.8 Å². The first-order chi connectivity index (χ1) is 27.8. The summed E-state index contributed by atoms with van der Waals surface area (Å²) in [6, 6.07) is 76.2. The zero-order chi connectivity index (χ0) is 37.0. The van der Waals surface area contributed by atoms with E-state index in [1.54, 1.807) is 0 Å². The summed E-state index contributed by atoms with van der Waals surface area (Å²) in [7, 11) is 0. The molecule has 3 heteroatoms. The van der Waals surface area contributed by atoms with Gasteiger partial charge in [-0.1, -0.05) is 152 Å². The van der Waals surface area contributed by atoms with E-state index in [4.69, 9.17) is 4.98 Å². The van der Waals surface area contributed by atoms with Crippen molar-refractivity contribution in [3.8, 4) is 56.1 Å². The quantitative estimate of drug-likeness (QED) is 0.168. The molecule has 11 aromatic rings. The van der Waals surface area contributed by atoms with E-state index in [0.717, 1.165) is 39.5 Å². The number of nitrogens with zero attached hydrogens (tertiary/aromatic N) is 3. The summed E-state index contributed by atoms with van der Waals surface area (Å²) in [5, 5.41) is 4.98. The lowest BCUT2D eigenvalue weighted by Gasteiger charge is -2.12. The SMILES string of the molecule is c1ccc(-c2cc(-c3ccccc3)nc(-c3ccc(-n4c5ccccc5c5ccc(-c6ccc7c8ccccc8n(-c8ccccc8)c7c6)cc54)cc3)c2)cc1. The maximum atomic E-state index is 5.19. The van der Waals surface area contributed by atoms with Crippen molar-refractivity contribution in [3.05, 3.63) is 212 Å². The summed E-state index contributed by atoms with van der Waals surface area (Å²) in [5.41, 5.74) is 15.8. The number of hydrogen-bond acceptors (Lipinski definition) is 1. The first-order valence-electron chi connectivity index (χ1n) is 19.1. The summed E-state index contributed by atoms with van der Waals surface area (Å²) >= 11 is 0. The number of aromatic nitrogens is 3. The molecular formula is C53H35N3. The van der Waals surface area contributed by atoms with Crippen LogP contribution >= 0.6 is 0 Å². The molecule has 0 amide bonds. The first kappa shape index (κ1) is 32.0. The van der Waals surface area contributed by atoms with Crippen LogP contribution in [0, 0.1) is 0 Å². The van der Waals surface area contributed by atoms with E-state index < -0.39 is 0 Å². The summed E-state index contributed by atoms with van der Waals surface area (Å²) < 4.78 is 4.79. The largest absolute Gasteiger partial charge is 0.309 e. The molecule has 0 aliphatic carbocycles. The Morgan fingerprint density at radius 1 is 0.250 bits per heavy atom. The molecule has 0 spiro atoms. The standard InChI is InChI=1S/C53H35N3/c1-4-14-36(15-5-1)41-32-48(37-16-6-2-7-17-37)54-49(33-41)38-24-28-43(29-25-38)56-51-23-13-11-21-45(51)47-31-27-40(35-53(47)56)39-26-30-46-44-20-10-12-22-50(44)55(52(46)34-39)42-18-8-3-9-19-42/h1-35H. The molecule has 3 nitrogen and oxygen atoms in total. The second kappa shape index (κ2) is 13.1. The highest BCUT2D eigenvalue weighted by Gasteiger charge is 2.17. The van der Waals surface area contributed by atoms with Gasteiger partial charge < -0.3 is 9.13 Å². The molecular weight excluding hydrogens is 679 g/mol. The van der Waals surface area contributed by atoms with Crippen LogP contribution in [0.3, 0.4) is 0 Å². The Morgan fingerprint density at radius 3 is 1.18 bits per heavy atom. The number of hydrogen-bond donors (Lipinski definition) is 0. The number of para-hydroxylation sites is 3. The molecule has 0 saturated heterocycles. The van der Waals surface area contributed by atoms with Gasteiger partial charge in [-0.2, -0.15) is 0 Å². The Kier molecular flexibility index (Phi) is 7.49. The fourth-order valence-electron chi connectivity index (χ4n) is 8.45. The van der Waals surface area contributed by atoms with Crippen molar-refractivity contribution < 1.29 is 0 Å². The highest BCUT2D eigenvalue weighted by molar-refractivity contribution is 6.12. The summed E-state index contributed by atoms with van der Waals surface area (Å²) in [6.07, 6.45) is 0. The predicted octanol–water partition coefficient (Wildman–Crippen LogP) is 13.9. The summed E-state index contributed by atoms with van der Waals surface area (Å²) in [5.74, 6) is 0. The number of benzene rings is 8. The van der Waals surface area contributed by atoms with E-state index in [0.29, 0.717) is 0 Å². The molecule has 0 N–H and O–H groups in total. The van der Waals surface area contributed by atoms with Gasteiger partial charge in [-0.05, 0) is 82.9 Å². The van der Waals surface area contributed by atoms with Crippen LogP contribution in [0.5, 0.6) is 0 Å². The minimum Gasteiger partial charge on any atom is -0.309 e. The van der Waals surface area contributed by atoms with Crippen LogP contribution < -0.4 is 0 Å². The lowest BCUT2D eigenvalue weighted by Crippen LogP contribution is -1.95. The van der Waals surface area contributed by atoms with Gasteiger partial charge in [-0.25, -0.2) is 4.98 Å². The second-order valence-electron chi connectivity index (χ2n) is 14.4. The van der Waals surface area contributed by atoms with E-state index in [1.165, 1.54) is 60.3 Å². The minimum atomic E-state index is 0.949. The van der Waals surface area contributed by atoms with Crippen molar-refractivity contribution in [2.24, 2.45) is 0 Å². The van der Waals surface area contributed by atoms with Gasteiger partial charge in [0.1, 0.15) is 0 Å². The second-order valence-corrected chi connectivity index (χ2v) is 14.4. The number of pyridine rings is 1. The summed E-state index contributed by atoms with van der Waals surface area (Å²) in [6.45, 7) is 0. The molecule has 262 valence electrons. The molecule has 0 aliphatic rings. The fourth-order valence-corrected chi connectivity index (χ4v) is 8.45. The third-order valence-electron chi connectivity index (χ3n) is 11.1. The maximum absolute atomic E-state index is 5.19. The Hall–Kier alpha value is -7.49. The van der Waals surface area contributed by atoms with Gasteiger partial charge in [-0.15, -0.1) is 0 Å². The van der Waals surface area contributed by atoms with Gasteiger partial charge in [0, 0.05) is 44.0 Å². The molecule has 8 aromatic carbocycles. The number of fused-ring (bicyclic) bond motifs is 6. The zero-order valence-electron chi connectivity index (χ0n) is 30.5. The molecule has 56 heavy (non-hydrogen) atoms. The lowest BCUT2D eigenvalue weighted by atomic mass is 10.00. The van der Waals surface area contributed by atoms with Crippen molar-refractivity contribution in [1.29, 1.82) is 0 Å². The van der Waals surface area contributed by atoms with E-state index in [1.807, 2.05) is 6.07 Å². The van der Waals surface area contributed by atoms with Crippen molar-refractivity contribution in [2.45, 2.75) is 0 Å². The van der Waals surface area contributed by atoms with E-state index in [-0.39, 0.29) is 0 Å². The van der Waals surface area contributed by atoms with Gasteiger partial charge >= 0.3 is 0 Å². The molecule has 0 atom stereocenters. The van der Waals surface area contributed by atoms with E-state index in [9.17, 15) is 0 Å². The monoisotopic (exact) mass is 713 g/mol. The maximum Gasteiger partial charge on any atom is 0.0715 e. The Labute approximate surface area is 325 Å². The van der Waals surface area contributed by atoms with E-state index >= 15 is 0 Å². The number of rotatable bonds is 6. The molecule has 0 radical (unpaired) electrons. The van der Waals surface area contributed by atoms with Gasteiger partial charge in [0.15, 0.2) is 0 Å². The molecule has 0 unspecified atom stereocenters. The van der Waals surface area contributed by atoms with Crippen LogP contribution in [0.4, 0.5) is 0 Å². The topological polar surface area (TPSA) is 22.8 Å². The smallest absolute Gasteiger partial charge is 0.0715 e. The molecule has 0 saturated carbocycles. The molecule has 3 heterocycles. The van der Waals surface area contributed by atoms with Crippen LogP contribution in [-0.2, 0) is 0 Å². The van der Waals surface area contributed by atoms with Crippen LogP contribution in [-0.4, -0.2) is 14.1 Å². The van der Waals surface area contributed by atoms with Gasteiger partial charge in [0.05, 0.1) is 33.5 Å². The minimum absolute atomic E-state index is 0.949. The molecule has 0 bridgehead atoms. The van der Waals surface area contributed by atoms with E-state index in [2.05, 4.69) is 215 Å². The average Bonchev–Trinajstić information content (AvgIpc) is 3.79. The highest BCUT2D eigenvalue weighted by atomic mass is 15.0. The zero-order valence-corrected chi connectivity index (χ0v) is 30.5. The Bertz CT molecular complexity index is 3150. The van der Waals surface area contributed by atoms with Crippen molar-refractivity contribution in [2.75, 3.05) is 0 Å². The van der Waals surface area contributed by atoms with Crippen molar-refractivity contribution in [1.82, 2.24) is 14.1 Å². The van der Waals surface area contributed by atoms with Gasteiger partial charge in [-0.3, -0.25) is 0 Å². The highest BCUT2D eigenvalue weighted by Crippen LogP contribution is 2.39. The Balaban J connectivity index is 1.04. The van der Waals surface area contributed by atoms with Crippen LogP contribution in [0.2, 0.25) is 0 Å². The summed E-state index contributed by atoms with van der Waals surface area (Å²) in [4.78, 5) is 5.19. The van der Waals surface area contributed by atoms with Crippen molar-refractivity contribution >= 4 is 43.6 Å². The van der Waals surface area contributed by atoms with Crippen LogP contribution in [0.15, 0.2) is 212 Å². The molecule has 11 rings (SSSR count). The van der Waals surface area contributed by atoms with Crippen LogP contribution in [0.1, 0.15) is 0 Å². The van der Waals surface area contributed by atoms with Crippen molar-refractivity contribution in [3.63, 3.8) is 0 Å². The first-order valence-corrected chi connectivity index (χ1v) is 19.1. The lowest BCUT2D eigenvalue weighted by molar-refractivity contribution is 1.18. The normalized spacial score (nSPS) is 11.6. The molecule has 0 aliphatic heterocycles. The molecule has 0 fully saturated rings. The van der Waals surface area contributed by atoms with Gasteiger partial charge in [0.2, 0.25) is 0 Å². The molecule has 3 aromatic heterocycles.